The molecular weight excluding hydrogens is 296 g/mol. The molecule has 0 radical (unpaired) electrons. The standard InChI is InChI=1S/C12H13BrN4O/c1-2-6-17-8-9(13)7-10(17)11(18)16-12-14-4-3-5-15-12/h3-5,7-8H,2,6H2,1H3,(H,14,15,16,18). The molecule has 0 unspecified atom stereocenters. The summed E-state index contributed by atoms with van der Waals surface area (Å²) in [5, 5.41) is 2.67. The van der Waals surface area contributed by atoms with Crippen LogP contribution >= 0.6 is 15.9 Å². The van der Waals surface area contributed by atoms with E-state index in [4.69, 9.17) is 0 Å². The minimum atomic E-state index is -0.208. The molecule has 0 aromatic carbocycles. The monoisotopic (exact) mass is 308 g/mol. The highest BCUT2D eigenvalue weighted by Gasteiger charge is 2.13. The molecule has 0 saturated carbocycles. The minimum Gasteiger partial charge on any atom is -0.342 e. The lowest BCUT2D eigenvalue weighted by molar-refractivity contribution is 0.101. The molecule has 0 saturated heterocycles. The minimum absolute atomic E-state index is 0.208. The second-order valence-electron chi connectivity index (χ2n) is 3.76. The van der Waals surface area contributed by atoms with Crippen molar-refractivity contribution in [3.05, 3.63) is 40.9 Å². The van der Waals surface area contributed by atoms with E-state index in [0.29, 0.717) is 11.6 Å². The highest BCUT2D eigenvalue weighted by Crippen LogP contribution is 2.16. The van der Waals surface area contributed by atoms with Crippen LogP contribution in [0.5, 0.6) is 0 Å². The second kappa shape index (κ2) is 5.77. The summed E-state index contributed by atoms with van der Waals surface area (Å²) in [6, 6.07) is 3.49. The Hall–Kier alpha value is -1.69. The van der Waals surface area contributed by atoms with Crippen LogP contribution in [0, 0.1) is 0 Å². The molecule has 1 N–H and O–H groups in total. The van der Waals surface area contributed by atoms with Crippen molar-refractivity contribution in [2.24, 2.45) is 0 Å². The molecule has 2 aromatic heterocycles. The van der Waals surface area contributed by atoms with Gasteiger partial charge in [0, 0.05) is 29.6 Å². The van der Waals surface area contributed by atoms with Crippen molar-refractivity contribution in [3.8, 4) is 0 Å². The molecule has 0 bridgehead atoms. The first-order valence-electron chi connectivity index (χ1n) is 5.64. The average Bonchev–Trinajstić information content (AvgIpc) is 2.72. The van der Waals surface area contributed by atoms with Gasteiger partial charge in [-0.2, -0.15) is 0 Å². The topological polar surface area (TPSA) is 59.8 Å². The van der Waals surface area contributed by atoms with Crippen molar-refractivity contribution in [1.82, 2.24) is 14.5 Å². The third-order valence-corrected chi connectivity index (χ3v) is 2.79. The van der Waals surface area contributed by atoms with Gasteiger partial charge in [0.05, 0.1) is 0 Å². The molecular formula is C12H13BrN4O. The van der Waals surface area contributed by atoms with Gasteiger partial charge in [0.25, 0.3) is 5.91 Å². The fraction of sp³-hybridized carbons (Fsp3) is 0.250. The Bertz CT molecular complexity index is 538. The van der Waals surface area contributed by atoms with E-state index in [-0.39, 0.29) is 5.91 Å². The summed E-state index contributed by atoms with van der Waals surface area (Å²) in [5.74, 6) is 0.100. The number of nitrogens with one attached hydrogen (secondary N) is 1. The highest BCUT2D eigenvalue weighted by atomic mass is 79.9. The Balaban J connectivity index is 2.18. The molecule has 2 aromatic rings. The molecule has 0 aliphatic heterocycles. The number of carbonyl (C=O) groups is 1. The zero-order valence-corrected chi connectivity index (χ0v) is 11.5. The van der Waals surface area contributed by atoms with E-state index in [1.54, 1.807) is 24.5 Å². The number of halogens is 1. The van der Waals surface area contributed by atoms with Gasteiger partial charge in [-0.1, -0.05) is 6.92 Å². The quantitative estimate of drug-likeness (QED) is 0.944. The third kappa shape index (κ3) is 2.95. The van der Waals surface area contributed by atoms with Gasteiger partial charge in [-0.05, 0) is 34.5 Å². The molecule has 2 heterocycles. The van der Waals surface area contributed by atoms with Crippen molar-refractivity contribution in [1.29, 1.82) is 0 Å². The van der Waals surface area contributed by atoms with Crippen molar-refractivity contribution in [3.63, 3.8) is 0 Å². The molecule has 0 aliphatic carbocycles. The molecule has 94 valence electrons. The lowest BCUT2D eigenvalue weighted by atomic mass is 10.4. The van der Waals surface area contributed by atoms with Gasteiger partial charge in [0.2, 0.25) is 5.95 Å². The fourth-order valence-electron chi connectivity index (χ4n) is 1.62. The van der Waals surface area contributed by atoms with Gasteiger partial charge in [-0.15, -0.1) is 0 Å². The third-order valence-electron chi connectivity index (χ3n) is 2.35. The Morgan fingerprint density at radius 2 is 2.17 bits per heavy atom. The predicted octanol–water partition coefficient (Wildman–Crippen LogP) is 2.70. The van der Waals surface area contributed by atoms with Crippen molar-refractivity contribution < 1.29 is 4.79 Å². The van der Waals surface area contributed by atoms with Gasteiger partial charge < -0.3 is 4.57 Å². The number of amides is 1. The van der Waals surface area contributed by atoms with Crippen LogP contribution in [0.4, 0.5) is 5.95 Å². The molecule has 18 heavy (non-hydrogen) atoms. The van der Waals surface area contributed by atoms with Crippen LogP contribution in [0.1, 0.15) is 23.8 Å². The first-order chi connectivity index (χ1) is 8.70. The first-order valence-corrected chi connectivity index (χ1v) is 6.44. The van der Waals surface area contributed by atoms with Crippen LogP contribution in [0.3, 0.4) is 0 Å². The van der Waals surface area contributed by atoms with Gasteiger partial charge in [0.1, 0.15) is 5.69 Å². The summed E-state index contributed by atoms with van der Waals surface area (Å²) in [7, 11) is 0. The normalized spacial score (nSPS) is 10.3. The van der Waals surface area contributed by atoms with Crippen LogP contribution in [0.15, 0.2) is 35.2 Å². The van der Waals surface area contributed by atoms with E-state index in [9.17, 15) is 4.79 Å². The maximum atomic E-state index is 12.1. The Kier molecular flexibility index (Phi) is 4.09. The maximum absolute atomic E-state index is 12.1. The summed E-state index contributed by atoms with van der Waals surface area (Å²) < 4.78 is 2.79. The largest absolute Gasteiger partial charge is 0.342 e. The van der Waals surface area contributed by atoms with Gasteiger partial charge in [-0.25, -0.2) is 9.97 Å². The molecule has 0 fully saturated rings. The van der Waals surface area contributed by atoms with Gasteiger partial charge in [-0.3, -0.25) is 10.1 Å². The van der Waals surface area contributed by atoms with Crippen LogP contribution < -0.4 is 5.32 Å². The summed E-state index contributed by atoms with van der Waals surface area (Å²) in [4.78, 5) is 20.0. The van der Waals surface area contributed by atoms with Crippen molar-refractivity contribution in [2.45, 2.75) is 19.9 Å². The number of hydrogen-bond acceptors (Lipinski definition) is 3. The molecule has 0 aliphatic rings. The van der Waals surface area contributed by atoms with E-state index in [2.05, 4.69) is 38.1 Å². The number of nitrogens with zero attached hydrogens (tertiary/aromatic N) is 3. The van der Waals surface area contributed by atoms with Gasteiger partial charge in [0.15, 0.2) is 0 Å². The Morgan fingerprint density at radius 3 is 2.83 bits per heavy atom. The van der Waals surface area contributed by atoms with Crippen LogP contribution in [0.25, 0.3) is 0 Å². The zero-order chi connectivity index (χ0) is 13.0. The fourth-order valence-corrected chi connectivity index (χ4v) is 2.08. The van der Waals surface area contributed by atoms with Crippen molar-refractivity contribution >= 4 is 27.8 Å². The smallest absolute Gasteiger partial charge is 0.274 e. The predicted molar refractivity (Wildman–Crippen MR) is 72.4 cm³/mol. The lowest BCUT2D eigenvalue weighted by Crippen LogP contribution is -2.18. The first kappa shape index (κ1) is 12.8. The molecule has 1 amide bonds. The van der Waals surface area contributed by atoms with E-state index in [0.717, 1.165) is 17.4 Å². The number of aromatic nitrogens is 3. The van der Waals surface area contributed by atoms with Crippen LogP contribution in [-0.4, -0.2) is 20.4 Å². The van der Waals surface area contributed by atoms with E-state index < -0.39 is 0 Å². The highest BCUT2D eigenvalue weighted by molar-refractivity contribution is 9.10. The van der Waals surface area contributed by atoms with E-state index in [1.165, 1.54) is 0 Å². The molecule has 6 heteroatoms. The lowest BCUT2D eigenvalue weighted by Gasteiger charge is -2.07. The average molecular weight is 309 g/mol. The maximum Gasteiger partial charge on any atom is 0.274 e. The summed E-state index contributed by atoms with van der Waals surface area (Å²) in [6.07, 6.45) is 6.03. The molecule has 2 rings (SSSR count). The van der Waals surface area contributed by atoms with Crippen LogP contribution in [-0.2, 0) is 6.54 Å². The number of anilines is 1. The number of aryl methyl sites for hydroxylation is 1. The van der Waals surface area contributed by atoms with Gasteiger partial charge >= 0.3 is 0 Å². The molecule has 0 spiro atoms. The Morgan fingerprint density at radius 1 is 1.44 bits per heavy atom. The van der Waals surface area contributed by atoms with E-state index >= 15 is 0 Å². The number of hydrogen-bond donors (Lipinski definition) is 1. The Labute approximate surface area is 113 Å². The second-order valence-corrected chi connectivity index (χ2v) is 4.68. The summed E-state index contributed by atoms with van der Waals surface area (Å²) in [5.41, 5.74) is 0.594. The zero-order valence-electron chi connectivity index (χ0n) is 9.93. The molecule has 0 atom stereocenters. The summed E-state index contributed by atoms with van der Waals surface area (Å²) in [6.45, 7) is 2.86. The number of carbonyl (C=O) groups excluding carboxylic acids is 1. The molecule has 5 nitrogen and oxygen atoms in total. The van der Waals surface area contributed by atoms with Crippen LogP contribution in [0.2, 0.25) is 0 Å². The summed E-state index contributed by atoms with van der Waals surface area (Å²) >= 11 is 3.37. The number of rotatable bonds is 4. The van der Waals surface area contributed by atoms with Crippen molar-refractivity contribution in [2.75, 3.05) is 5.32 Å². The van der Waals surface area contributed by atoms with E-state index in [1.807, 2.05) is 10.8 Å². The SMILES string of the molecule is CCCn1cc(Br)cc1C(=O)Nc1ncccn1.